The standard InChI is InChI=1S/C12H7ClF3N3O/c13-7-5-10(12(14,15)16)18-6-9(7)19-11(20)8-3-1-2-4-17-8/h1-6H,(H,19,20). The van der Waals surface area contributed by atoms with E-state index in [-0.39, 0.29) is 16.4 Å². The second-order valence-electron chi connectivity index (χ2n) is 3.72. The van der Waals surface area contributed by atoms with Crippen molar-refractivity contribution in [3.63, 3.8) is 0 Å². The van der Waals surface area contributed by atoms with Crippen LogP contribution in [0, 0.1) is 0 Å². The first-order valence-corrected chi connectivity index (χ1v) is 5.71. The molecule has 1 amide bonds. The molecule has 2 rings (SSSR count). The number of hydrogen-bond donors (Lipinski definition) is 1. The van der Waals surface area contributed by atoms with Crippen LogP contribution < -0.4 is 5.32 Å². The van der Waals surface area contributed by atoms with Gasteiger partial charge in [-0.1, -0.05) is 17.7 Å². The molecule has 0 saturated carbocycles. The zero-order valence-electron chi connectivity index (χ0n) is 9.78. The van der Waals surface area contributed by atoms with Gasteiger partial charge in [0, 0.05) is 6.20 Å². The molecule has 0 bridgehead atoms. The number of aromatic nitrogens is 2. The molecule has 1 N–H and O–H groups in total. The molecule has 0 aliphatic carbocycles. The number of hydrogen-bond acceptors (Lipinski definition) is 3. The zero-order chi connectivity index (χ0) is 14.8. The molecule has 2 heterocycles. The van der Waals surface area contributed by atoms with E-state index in [1.165, 1.54) is 12.3 Å². The first-order valence-electron chi connectivity index (χ1n) is 5.33. The number of nitrogens with one attached hydrogen (secondary N) is 1. The van der Waals surface area contributed by atoms with E-state index >= 15 is 0 Å². The third-order valence-corrected chi connectivity index (χ3v) is 2.60. The predicted molar refractivity (Wildman–Crippen MR) is 66.4 cm³/mol. The lowest BCUT2D eigenvalue weighted by Crippen LogP contribution is -2.15. The lowest BCUT2D eigenvalue weighted by atomic mass is 10.3. The van der Waals surface area contributed by atoms with Crippen molar-refractivity contribution in [3.8, 4) is 0 Å². The summed E-state index contributed by atoms with van der Waals surface area (Å²) < 4.78 is 37.2. The molecule has 0 spiro atoms. The maximum Gasteiger partial charge on any atom is 0.433 e. The predicted octanol–water partition coefficient (Wildman–Crippen LogP) is 3.40. The van der Waals surface area contributed by atoms with Gasteiger partial charge in [0.15, 0.2) is 0 Å². The summed E-state index contributed by atoms with van der Waals surface area (Å²) in [7, 11) is 0. The molecule has 0 aliphatic rings. The summed E-state index contributed by atoms with van der Waals surface area (Å²) >= 11 is 5.69. The minimum Gasteiger partial charge on any atom is -0.318 e. The second kappa shape index (κ2) is 5.46. The Morgan fingerprint density at radius 3 is 2.55 bits per heavy atom. The van der Waals surface area contributed by atoms with Gasteiger partial charge in [0.25, 0.3) is 5.91 Å². The smallest absolute Gasteiger partial charge is 0.318 e. The van der Waals surface area contributed by atoms with Crippen molar-refractivity contribution in [2.24, 2.45) is 0 Å². The molecule has 0 atom stereocenters. The van der Waals surface area contributed by atoms with Crippen molar-refractivity contribution in [2.45, 2.75) is 6.18 Å². The molecule has 2 aromatic rings. The van der Waals surface area contributed by atoms with Gasteiger partial charge >= 0.3 is 6.18 Å². The summed E-state index contributed by atoms with van der Waals surface area (Å²) in [5.41, 5.74) is -1.03. The molecular weight excluding hydrogens is 295 g/mol. The van der Waals surface area contributed by atoms with Crippen molar-refractivity contribution < 1.29 is 18.0 Å². The molecule has 0 saturated heterocycles. The highest BCUT2D eigenvalue weighted by molar-refractivity contribution is 6.33. The number of pyridine rings is 2. The average Bonchev–Trinajstić information content (AvgIpc) is 2.41. The van der Waals surface area contributed by atoms with Crippen LogP contribution in [0.15, 0.2) is 36.7 Å². The molecule has 0 aromatic carbocycles. The number of halogens is 4. The summed E-state index contributed by atoms with van der Waals surface area (Å²) in [6.07, 6.45) is -2.32. The van der Waals surface area contributed by atoms with Gasteiger partial charge in [-0.05, 0) is 18.2 Å². The van der Waals surface area contributed by atoms with Crippen LogP contribution in [0.5, 0.6) is 0 Å². The van der Waals surface area contributed by atoms with Gasteiger partial charge < -0.3 is 5.32 Å². The van der Waals surface area contributed by atoms with E-state index in [0.29, 0.717) is 6.07 Å². The molecule has 4 nitrogen and oxygen atoms in total. The van der Waals surface area contributed by atoms with Gasteiger partial charge in [0.2, 0.25) is 0 Å². The maximum absolute atomic E-state index is 12.4. The number of alkyl halides is 3. The number of carbonyl (C=O) groups is 1. The topological polar surface area (TPSA) is 54.9 Å². The Kier molecular flexibility index (Phi) is 3.89. The van der Waals surface area contributed by atoms with Crippen molar-refractivity contribution in [1.82, 2.24) is 9.97 Å². The van der Waals surface area contributed by atoms with E-state index in [9.17, 15) is 18.0 Å². The molecule has 0 fully saturated rings. The molecule has 2 aromatic heterocycles. The van der Waals surface area contributed by atoms with Crippen molar-refractivity contribution in [1.29, 1.82) is 0 Å². The molecule has 0 aliphatic heterocycles. The Hall–Kier alpha value is -2.15. The van der Waals surface area contributed by atoms with Gasteiger partial charge in [0.1, 0.15) is 11.4 Å². The lowest BCUT2D eigenvalue weighted by molar-refractivity contribution is -0.141. The number of carbonyl (C=O) groups excluding carboxylic acids is 1. The number of amides is 1. The number of rotatable bonds is 2. The summed E-state index contributed by atoms with van der Waals surface area (Å²) in [4.78, 5) is 18.8. The summed E-state index contributed by atoms with van der Waals surface area (Å²) in [6.45, 7) is 0. The van der Waals surface area contributed by atoms with E-state index in [4.69, 9.17) is 11.6 Å². The van der Waals surface area contributed by atoms with E-state index in [1.807, 2.05) is 0 Å². The highest BCUT2D eigenvalue weighted by atomic mass is 35.5. The number of anilines is 1. The second-order valence-corrected chi connectivity index (χ2v) is 4.12. The average molecular weight is 302 g/mol. The Bertz CT molecular complexity index is 632. The molecular formula is C12H7ClF3N3O. The van der Waals surface area contributed by atoms with Crippen LogP contribution in [-0.4, -0.2) is 15.9 Å². The first-order chi connectivity index (χ1) is 9.38. The lowest BCUT2D eigenvalue weighted by Gasteiger charge is -2.09. The minimum atomic E-state index is -4.59. The van der Waals surface area contributed by atoms with Crippen LogP contribution >= 0.6 is 11.6 Å². The Morgan fingerprint density at radius 2 is 2.00 bits per heavy atom. The molecule has 0 radical (unpaired) electrons. The minimum absolute atomic E-state index is 0.0182. The van der Waals surface area contributed by atoms with Crippen LogP contribution in [0.4, 0.5) is 18.9 Å². The summed E-state index contributed by atoms with van der Waals surface area (Å²) in [5.74, 6) is -0.589. The van der Waals surface area contributed by atoms with Crippen LogP contribution in [0.2, 0.25) is 5.02 Å². The van der Waals surface area contributed by atoms with Crippen LogP contribution in [0.25, 0.3) is 0 Å². The summed E-state index contributed by atoms with van der Waals surface area (Å²) in [5, 5.41) is 2.09. The maximum atomic E-state index is 12.4. The van der Waals surface area contributed by atoms with Gasteiger partial charge in [0.05, 0.1) is 16.9 Å². The molecule has 0 unspecified atom stereocenters. The Balaban J connectivity index is 2.21. The van der Waals surface area contributed by atoms with E-state index in [2.05, 4.69) is 15.3 Å². The quantitative estimate of drug-likeness (QED) is 0.925. The van der Waals surface area contributed by atoms with Crippen molar-refractivity contribution >= 4 is 23.2 Å². The van der Waals surface area contributed by atoms with Gasteiger partial charge in [-0.25, -0.2) is 4.98 Å². The first kappa shape index (κ1) is 14.3. The Morgan fingerprint density at radius 1 is 1.25 bits per heavy atom. The van der Waals surface area contributed by atoms with Crippen LogP contribution in [0.1, 0.15) is 16.2 Å². The molecule has 104 valence electrons. The van der Waals surface area contributed by atoms with Gasteiger partial charge in [-0.2, -0.15) is 13.2 Å². The normalized spacial score (nSPS) is 11.2. The third kappa shape index (κ3) is 3.24. The fraction of sp³-hybridized carbons (Fsp3) is 0.0833. The van der Waals surface area contributed by atoms with E-state index in [1.54, 1.807) is 12.1 Å². The molecule has 20 heavy (non-hydrogen) atoms. The zero-order valence-corrected chi connectivity index (χ0v) is 10.5. The third-order valence-electron chi connectivity index (χ3n) is 2.29. The number of nitrogens with zero attached hydrogens (tertiary/aromatic N) is 2. The molecule has 8 heteroatoms. The SMILES string of the molecule is O=C(Nc1cnc(C(F)(F)F)cc1Cl)c1ccccn1. The van der Waals surface area contributed by atoms with Crippen molar-refractivity contribution in [3.05, 3.63) is 53.1 Å². The van der Waals surface area contributed by atoms with E-state index < -0.39 is 17.8 Å². The monoisotopic (exact) mass is 301 g/mol. The fourth-order valence-corrected chi connectivity index (χ4v) is 1.56. The highest BCUT2D eigenvalue weighted by Gasteiger charge is 2.33. The van der Waals surface area contributed by atoms with Gasteiger partial charge in [-0.3, -0.25) is 9.78 Å². The Labute approximate surface area is 116 Å². The largest absolute Gasteiger partial charge is 0.433 e. The summed E-state index contributed by atoms with van der Waals surface area (Å²) in [6, 6.07) is 5.34. The van der Waals surface area contributed by atoms with Crippen LogP contribution in [-0.2, 0) is 6.18 Å². The van der Waals surface area contributed by atoms with Gasteiger partial charge in [-0.15, -0.1) is 0 Å². The van der Waals surface area contributed by atoms with E-state index in [0.717, 1.165) is 6.20 Å². The highest BCUT2D eigenvalue weighted by Crippen LogP contribution is 2.31. The van der Waals surface area contributed by atoms with Crippen LogP contribution in [0.3, 0.4) is 0 Å². The van der Waals surface area contributed by atoms with Crippen molar-refractivity contribution in [2.75, 3.05) is 5.32 Å². The fourth-order valence-electron chi connectivity index (χ4n) is 1.36.